The molecule has 0 aliphatic rings. The molecule has 1 aromatic rings. The molecule has 0 radical (unpaired) electrons. The van der Waals surface area contributed by atoms with Crippen LogP contribution in [0.4, 0.5) is 0 Å². The van der Waals surface area contributed by atoms with Crippen LogP contribution in [0, 0.1) is 0 Å². The van der Waals surface area contributed by atoms with Gasteiger partial charge in [0.25, 0.3) is 0 Å². The van der Waals surface area contributed by atoms with Gasteiger partial charge in [-0.1, -0.05) is 49.0 Å². The van der Waals surface area contributed by atoms with E-state index in [0.717, 1.165) is 23.6 Å². The molecule has 1 N–H and O–H groups in total. The third-order valence-corrected chi connectivity index (χ3v) is 3.48. The van der Waals surface area contributed by atoms with Crippen LogP contribution in [0.5, 0.6) is 0 Å². The summed E-state index contributed by atoms with van der Waals surface area (Å²) in [6.07, 6.45) is 4.74. The highest BCUT2D eigenvalue weighted by atomic mass is 35.5. The summed E-state index contributed by atoms with van der Waals surface area (Å²) in [5, 5.41) is 4.98. The van der Waals surface area contributed by atoms with Crippen molar-refractivity contribution in [2.24, 2.45) is 0 Å². The summed E-state index contributed by atoms with van der Waals surface area (Å²) >= 11 is 12.0. The third-order valence-electron chi connectivity index (χ3n) is 2.89. The number of rotatable bonds is 7. The van der Waals surface area contributed by atoms with Gasteiger partial charge in [-0.3, -0.25) is 0 Å². The van der Waals surface area contributed by atoms with E-state index in [2.05, 4.69) is 19.2 Å². The monoisotopic (exact) mass is 273 g/mol. The standard InChI is InChI=1S/C14H21Cl2N/c1-3-4-5-11(2)17-9-8-12-6-7-13(15)10-14(12)16/h6-7,10-11,17H,3-5,8-9H2,1-2H3. The maximum absolute atomic E-state index is 6.12. The highest BCUT2D eigenvalue weighted by Crippen LogP contribution is 2.21. The maximum atomic E-state index is 6.12. The molecule has 1 aromatic carbocycles. The van der Waals surface area contributed by atoms with Gasteiger partial charge in [0.05, 0.1) is 0 Å². The van der Waals surface area contributed by atoms with Crippen molar-refractivity contribution in [2.45, 2.75) is 45.6 Å². The molecule has 1 atom stereocenters. The number of halogens is 2. The Bertz CT molecular complexity index is 339. The molecule has 0 fully saturated rings. The van der Waals surface area contributed by atoms with E-state index in [1.807, 2.05) is 12.1 Å². The Balaban J connectivity index is 2.30. The minimum absolute atomic E-state index is 0.584. The van der Waals surface area contributed by atoms with Gasteiger partial charge in [0, 0.05) is 16.1 Å². The van der Waals surface area contributed by atoms with E-state index >= 15 is 0 Å². The van der Waals surface area contributed by atoms with Crippen LogP contribution in [0.15, 0.2) is 18.2 Å². The summed E-state index contributed by atoms with van der Waals surface area (Å²) in [6, 6.07) is 6.28. The van der Waals surface area contributed by atoms with E-state index in [9.17, 15) is 0 Å². The van der Waals surface area contributed by atoms with Crippen LogP contribution in [0.3, 0.4) is 0 Å². The molecule has 0 saturated heterocycles. The lowest BCUT2D eigenvalue weighted by atomic mass is 10.1. The van der Waals surface area contributed by atoms with Gasteiger partial charge in [-0.25, -0.2) is 0 Å². The molecular weight excluding hydrogens is 253 g/mol. The first-order chi connectivity index (χ1) is 8.13. The molecule has 1 rings (SSSR count). The third kappa shape index (κ3) is 5.76. The second-order valence-corrected chi connectivity index (χ2v) is 5.33. The number of benzene rings is 1. The Morgan fingerprint density at radius 1 is 1.29 bits per heavy atom. The van der Waals surface area contributed by atoms with Crippen LogP contribution in [0.1, 0.15) is 38.7 Å². The lowest BCUT2D eigenvalue weighted by Crippen LogP contribution is -2.28. The lowest BCUT2D eigenvalue weighted by molar-refractivity contribution is 0.498. The summed E-state index contributed by atoms with van der Waals surface area (Å²) in [5.41, 5.74) is 1.16. The van der Waals surface area contributed by atoms with Crippen molar-refractivity contribution >= 4 is 23.2 Å². The molecular formula is C14H21Cl2N. The summed E-state index contributed by atoms with van der Waals surface area (Å²) in [4.78, 5) is 0. The molecule has 0 aromatic heterocycles. The first-order valence-electron chi connectivity index (χ1n) is 6.30. The van der Waals surface area contributed by atoms with Crippen molar-refractivity contribution in [3.05, 3.63) is 33.8 Å². The van der Waals surface area contributed by atoms with E-state index in [-0.39, 0.29) is 0 Å². The summed E-state index contributed by atoms with van der Waals surface area (Å²) in [6.45, 7) is 5.42. The summed E-state index contributed by atoms with van der Waals surface area (Å²) in [5.74, 6) is 0. The Labute approximate surface area is 115 Å². The van der Waals surface area contributed by atoms with Crippen molar-refractivity contribution in [3.8, 4) is 0 Å². The Hall–Kier alpha value is -0.240. The zero-order chi connectivity index (χ0) is 12.7. The van der Waals surface area contributed by atoms with Crippen LogP contribution in [0.2, 0.25) is 10.0 Å². The molecule has 0 heterocycles. The maximum Gasteiger partial charge on any atom is 0.0453 e. The molecule has 0 spiro atoms. The molecule has 17 heavy (non-hydrogen) atoms. The molecule has 0 saturated carbocycles. The Kier molecular flexibility index (Phi) is 6.94. The van der Waals surface area contributed by atoms with Crippen LogP contribution in [0.25, 0.3) is 0 Å². The van der Waals surface area contributed by atoms with Crippen molar-refractivity contribution in [2.75, 3.05) is 6.54 Å². The Morgan fingerprint density at radius 3 is 2.71 bits per heavy atom. The quantitative estimate of drug-likeness (QED) is 0.759. The van der Waals surface area contributed by atoms with Gasteiger partial charge in [0.15, 0.2) is 0 Å². The first kappa shape index (κ1) is 14.8. The second kappa shape index (κ2) is 7.97. The fourth-order valence-corrected chi connectivity index (χ4v) is 2.29. The normalized spacial score (nSPS) is 12.7. The molecule has 1 nitrogen and oxygen atoms in total. The van der Waals surface area contributed by atoms with E-state index in [1.54, 1.807) is 6.07 Å². The average molecular weight is 274 g/mol. The molecule has 0 amide bonds. The number of unbranched alkanes of at least 4 members (excludes halogenated alkanes) is 1. The van der Waals surface area contributed by atoms with Crippen LogP contribution in [-0.4, -0.2) is 12.6 Å². The minimum Gasteiger partial charge on any atom is -0.314 e. The predicted molar refractivity (Wildman–Crippen MR) is 77.2 cm³/mol. The zero-order valence-corrected chi connectivity index (χ0v) is 12.1. The SMILES string of the molecule is CCCCC(C)NCCc1ccc(Cl)cc1Cl. The van der Waals surface area contributed by atoms with Gasteiger partial charge in [-0.05, 0) is 44.0 Å². The van der Waals surface area contributed by atoms with Gasteiger partial charge in [0.2, 0.25) is 0 Å². The molecule has 3 heteroatoms. The average Bonchev–Trinajstić information content (AvgIpc) is 2.29. The van der Waals surface area contributed by atoms with Crippen molar-refractivity contribution < 1.29 is 0 Å². The number of hydrogen-bond donors (Lipinski definition) is 1. The van der Waals surface area contributed by atoms with Gasteiger partial charge in [0.1, 0.15) is 0 Å². The minimum atomic E-state index is 0.584. The van der Waals surface area contributed by atoms with Gasteiger partial charge < -0.3 is 5.32 Å². The molecule has 0 aliphatic carbocycles. The van der Waals surface area contributed by atoms with Crippen molar-refractivity contribution in [1.82, 2.24) is 5.32 Å². The van der Waals surface area contributed by atoms with Crippen LogP contribution in [-0.2, 0) is 6.42 Å². The topological polar surface area (TPSA) is 12.0 Å². The van der Waals surface area contributed by atoms with Crippen LogP contribution < -0.4 is 5.32 Å². The van der Waals surface area contributed by atoms with E-state index in [4.69, 9.17) is 23.2 Å². The fraction of sp³-hybridized carbons (Fsp3) is 0.571. The molecule has 96 valence electrons. The van der Waals surface area contributed by atoms with Gasteiger partial charge in [-0.15, -0.1) is 0 Å². The number of nitrogens with one attached hydrogen (secondary N) is 1. The smallest absolute Gasteiger partial charge is 0.0453 e. The summed E-state index contributed by atoms with van der Waals surface area (Å²) < 4.78 is 0. The highest BCUT2D eigenvalue weighted by molar-refractivity contribution is 6.35. The largest absolute Gasteiger partial charge is 0.314 e. The summed E-state index contributed by atoms with van der Waals surface area (Å²) in [7, 11) is 0. The molecule has 0 bridgehead atoms. The lowest BCUT2D eigenvalue weighted by Gasteiger charge is -2.13. The van der Waals surface area contributed by atoms with Crippen molar-refractivity contribution in [3.63, 3.8) is 0 Å². The van der Waals surface area contributed by atoms with Crippen LogP contribution >= 0.6 is 23.2 Å². The second-order valence-electron chi connectivity index (χ2n) is 4.48. The zero-order valence-electron chi connectivity index (χ0n) is 10.6. The van der Waals surface area contributed by atoms with E-state index in [0.29, 0.717) is 11.1 Å². The molecule has 1 unspecified atom stereocenters. The van der Waals surface area contributed by atoms with Gasteiger partial charge >= 0.3 is 0 Å². The molecule has 0 aliphatic heterocycles. The Morgan fingerprint density at radius 2 is 2.06 bits per heavy atom. The number of hydrogen-bond acceptors (Lipinski definition) is 1. The van der Waals surface area contributed by atoms with E-state index < -0.39 is 0 Å². The van der Waals surface area contributed by atoms with Gasteiger partial charge in [-0.2, -0.15) is 0 Å². The highest BCUT2D eigenvalue weighted by Gasteiger charge is 2.03. The van der Waals surface area contributed by atoms with Crippen molar-refractivity contribution in [1.29, 1.82) is 0 Å². The van der Waals surface area contributed by atoms with E-state index in [1.165, 1.54) is 19.3 Å². The fourth-order valence-electron chi connectivity index (χ4n) is 1.79. The predicted octanol–water partition coefficient (Wildman–Crippen LogP) is 4.70. The first-order valence-corrected chi connectivity index (χ1v) is 7.06.